The van der Waals surface area contributed by atoms with Gasteiger partial charge in [-0.15, -0.1) is 0 Å². The summed E-state index contributed by atoms with van der Waals surface area (Å²) in [4.78, 5) is 0. The van der Waals surface area contributed by atoms with E-state index in [-0.39, 0.29) is 12.0 Å². The fourth-order valence-electron chi connectivity index (χ4n) is 4.60. The van der Waals surface area contributed by atoms with Crippen molar-refractivity contribution in [1.82, 2.24) is 0 Å². The zero-order valence-electron chi connectivity index (χ0n) is 16.4. The van der Waals surface area contributed by atoms with Crippen molar-refractivity contribution in [3.8, 4) is 0 Å². The van der Waals surface area contributed by atoms with Crippen molar-refractivity contribution in [3.05, 3.63) is 69.8 Å². The van der Waals surface area contributed by atoms with E-state index in [1.165, 1.54) is 18.2 Å². The lowest BCUT2D eigenvalue weighted by Crippen LogP contribution is -2.20. The molecule has 0 bridgehead atoms. The summed E-state index contributed by atoms with van der Waals surface area (Å²) in [6.45, 7) is 0. The standard InChI is InChI=1S/C24H24F4O/c1-29-19-6-4-14(5-7-19)2-3-15-8-22(27)24(23(28)9-15)18-10-16-12-20(25)21(26)13-17(16)11-18/h8-10,12-14,19H,2-7,11H2,1H3. The van der Waals surface area contributed by atoms with Gasteiger partial charge < -0.3 is 4.74 Å². The molecule has 1 nitrogen and oxygen atoms in total. The number of aryl methyl sites for hydroxylation is 1. The minimum atomic E-state index is -0.961. The predicted octanol–water partition coefficient (Wildman–Crippen LogP) is 6.48. The van der Waals surface area contributed by atoms with Gasteiger partial charge >= 0.3 is 0 Å². The number of allylic oxidation sites excluding steroid dienone is 1. The summed E-state index contributed by atoms with van der Waals surface area (Å²) >= 11 is 0. The van der Waals surface area contributed by atoms with Gasteiger partial charge in [-0.3, -0.25) is 0 Å². The maximum atomic E-state index is 14.8. The molecular formula is C24H24F4O. The lowest BCUT2D eigenvalue weighted by molar-refractivity contribution is 0.0556. The smallest absolute Gasteiger partial charge is 0.159 e. The van der Waals surface area contributed by atoms with Gasteiger partial charge in [-0.25, -0.2) is 17.6 Å². The molecule has 5 heteroatoms. The van der Waals surface area contributed by atoms with Crippen LogP contribution in [0.5, 0.6) is 0 Å². The number of rotatable bonds is 5. The second-order valence-corrected chi connectivity index (χ2v) is 8.16. The second kappa shape index (κ2) is 8.31. The van der Waals surface area contributed by atoms with Gasteiger partial charge in [-0.1, -0.05) is 6.08 Å². The summed E-state index contributed by atoms with van der Waals surface area (Å²) in [6, 6.07) is 4.95. The number of hydrogen-bond acceptors (Lipinski definition) is 1. The Hall–Kier alpha value is -2.14. The van der Waals surface area contributed by atoms with Crippen LogP contribution in [0.1, 0.15) is 54.4 Å². The van der Waals surface area contributed by atoms with Gasteiger partial charge in [-0.05, 0) is 97.4 Å². The average Bonchev–Trinajstić information content (AvgIpc) is 3.08. The fraction of sp³-hybridized carbons (Fsp3) is 0.417. The van der Waals surface area contributed by atoms with Gasteiger partial charge in [0, 0.05) is 12.7 Å². The Morgan fingerprint density at radius 1 is 0.862 bits per heavy atom. The highest BCUT2D eigenvalue weighted by Gasteiger charge is 2.24. The van der Waals surface area contributed by atoms with Crippen LogP contribution in [-0.4, -0.2) is 13.2 Å². The molecule has 0 saturated heterocycles. The molecule has 0 spiro atoms. The van der Waals surface area contributed by atoms with Gasteiger partial charge in [0.2, 0.25) is 0 Å². The van der Waals surface area contributed by atoms with Crippen LogP contribution >= 0.6 is 0 Å². The Labute approximate surface area is 168 Å². The minimum absolute atomic E-state index is 0.105. The zero-order valence-corrected chi connectivity index (χ0v) is 16.4. The Bertz CT molecular complexity index is 919. The van der Waals surface area contributed by atoms with Crippen molar-refractivity contribution < 1.29 is 22.3 Å². The summed E-state index contributed by atoms with van der Waals surface area (Å²) in [5.41, 5.74) is 1.95. The van der Waals surface area contributed by atoms with Gasteiger partial charge in [0.05, 0.1) is 6.10 Å². The van der Waals surface area contributed by atoms with Crippen LogP contribution in [0.4, 0.5) is 17.6 Å². The second-order valence-electron chi connectivity index (χ2n) is 8.16. The van der Waals surface area contributed by atoms with Crippen molar-refractivity contribution in [2.24, 2.45) is 5.92 Å². The van der Waals surface area contributed by atoms with Gasteiger partial charge in [0.15, 0.2) is 11.6 Å². The number of ether oxygens (including phenoxy) is 1. The molecule has 0 heterocycles. The van der Waals surface area contributed by atoms with Crippen LogP contribution in [0.25, 0.3) is 11.6 Å². The molecule has 29 heavy (non-hydrogen) atoms. The van der Waals surface area contributed by atoms with Crippen LogP contribution < -0.4 is 0 Å². The lowest BCUT2D eigenvalue weighted by atomic mass is 9.83. The van der Waals surface area contributed by atoms with E-state index in [1.807, 2.05) is 0 Å². The topological polar surface area (TPSA) is 9.23 Å². The summed E-state index contributed by atoms with van der Waals surface area (Å²) < 4.78 is 61.8. The van der Waals surface area contributed by atoms with Crippen LogP contribution in [-0.2, 0) is 17.6 Å². The zero-order chi connectivity index (χ0) is 20.5. The number of hydrogen-bond donors (Lipinski definition) is 0. The third kappa shape index (κ3) is 4.25. The molecule has 4 rings (SSSR count). The summed E-state index contributed by atoms with van der Waals surface area (Å²) in [5, 5.41) is 0. The van der Waals surface area contributed by atoms with Crippen LogP contribution in [0.15, 0.2) is 24.3 Å². The van der Waals surface area contributed by atoms with Crippen molar-refractivity contribution in [1.29, 1.82) is 0 Å². The third-order valence-electron chi connectivity index (χ3n) is 6.28. The number of methoxy groups -OCH3 is 1. The van der Waals surface area contributed by atoms with Gasteiger partial charge in [0.1, 0.15) is 11.6 Å². The minimum Gasteiger partial charge on any atom is -0.381 e. The average molecular weight is 404 g/mol. The van der Waals surface area contributed by atoms with Crippen molar-refractivity contribution in [2.45, 2.75) is 51.0 Å². The highest BCUT2D eigenvalue weighted by molar-refractivity contribution is 5.89. The molecule has 0 aliphatic heterocycles. The number of halogens is 4. The van der Waals surface area contributed by atoms with Crippen LogP contribution in [0.2, 0.25) is 0 Å². The molecule has 0 amide bonds. The highest BCUT2D eigenvalue weighted by atomic mass is 19.2. The van der Waals surface area contributed by atoms with Crippen LogP contribution in [0, 0.1) is 29.2 Å². The molecule has 0 radical (unpaired) electrons. The monoisotopic (exact) mass is 404 g/mol. The molecule has 0 aromatic heterocycles. The molecule has 2 aromatic carbocycles. The van der Waals surface area contributed by atoms with Crippen molar-refractivity contribution in [2.75, 3.05) is 7.11 Å². The van der Waals surface area contributed by atoms with E-state index in [0.29, 0.717) is 40.7 Å². The Morgan fingerprint density at radius 2 is 1.52 bits per heavy atom. The van der Waals surface area contributed by atoms with E-state index in [0.717, 1.165) is 44.2 Å². The SMILES string of the molecule is COC1CCC(CCc2cc(F)c(C3=Cc4cc(F)c(F)cc4C3)c(F)c2)CC1. The van der Waals surface area contributed by atoms with E-state index in [2.05, 4.69) is 0 Å². The highest BCUT2D eigenvalue weighted by Crippen LogP contribution is 2.36. The first-order valence-corrected chi connectivity index (χ1v) is 10.1. The molecular weight excluding hydrogens is 380 g/mol. The van der Waals surface area contributed by atoms with E-state index >= 15 is 0 Å². The molecule has 0 atom stereocenters. The largest absolute Gasteiger partial charge is 0.381 e. The summed E-state index contributed by atoms with van der Waals surface area (Å²) in [6.07, 6.45) is 7.84. The molecule has 2 aliphatic carbocycles. The molecule has 2 aliphatic rings. The van der Waals surface area contributed by atoms with Crippen LogP contribution in [0.3, 0.4) is 0 Å². The molecule has 154 valence electrons. The third-order valence-corrected chi connectivity index (χ3v) is 6.28. The maximum absolute atomic E-state index is 14.8. The van der Waals surface area contributed by atoms with E-state index in [4.69, 9.17) is 4.74 Å². The quantitative estimate of drug-likeness (QED) is 0.519. The first-order valence-electron chi connectivity index (χ1n) is 10.1. The summed E-state index contributed by atoms with van der Waals surface area (Å²) in [5.74, 6) is -2.60. The van der Waals surface area contributed by atoms with Crippen molar-refractivity contribution in [3.63, 3.8) is 0 Å². The number of fused-ring (bicyclic) bond motifs is 1. The Morgan fingerprint density at radius 3 is 2.17 bits per heavy atom. The van der Waals surface area contributed by atoms with Gasteiger partial charge in [-0.2, -0.15) is 0 Å². The van der Waals surface area contributed by atoms with E-state index in [9.17, 15) is 17.6 Å². The molecule has 0 N–H and O–H groups in total. The molecule has 2 aromatic rings. The Kier molecular flexibility index (Phi) is 5.77. The van der Waals surface area contributed by atoms with E-state index in [1.54, 1.807) is 7.11 Å². The normalized spacial score (nSPS) is 21.2. The molecule has 1 saturated carbocycles. The molecule has 1 fully saturated rings. The first kappa shape index (κ1) is 20.1. The first-order chi connectivity index (χ1) is 13.9. The number of benzene rings is 2. The Balaban J connectivity index is 1.46. The fourth-order valence-corrected chi connectivity index (χ4v) is 4.60. The predicted molar refractivity (Wildman–Crippen MR) is 105 cm³/mol. The van der Waals surface area contributed by atoms with E-state index < -0.39 is 23.3 Å². The van der Waals surface area contributed by atoms with Gasteiger partial charge in [0.25, 0.3) is 0 Å². The lowest BCUT2D eigenvalue weighted by Gasteiger charge is -2.27. The summed E-state index contributed by atoms with van der Waals surface area (Å²) in [7, 11) is 1.74. The molecule has 0 unspecified atom stereocenters. The maximum Gasteiger partial charge on any atom is 0.159 e. The van der Waals surface area contributed by atoms with Crippen molar-refractivity contribution >= 4 is 11.6 Å².